The van der Waals surface area contributed by atoms with Crippen LogP contribution in [-0.2, 0) is 0 Å². The highest BCUT2D eigenvalue weighted by molar-refractivity contribution is 7.22. The van der Waals surface area contributed by atoms with Gasteiger partial charge in [0.1, 0.15) is 10.6 Å². The van der Waals surface area contributed by atoms with E-state index in [0.717, 1.165) is 4.70 Å². The average molecular weight is 310 g/mol. The first-order valence-electron chi connectivity index (χ1n) is 4.50. The normalized spacial score (nSPS) is 9.39. The SMILES string of the molecule is COc1ccc(N)c2sc(C(N)=O)c(N)c12.Cl.Cl. The standard InChI is InChI=1S/C10H11N3O2S.2ClH/c1-15-5-3-2-4(11)8-6(5)7(12)9(16-8)10(13)14;;/h2-3H,11-12H2,1H3,(H2,13,14);2*1H. The Balaban J connectivity index is 0.00000144. The van der Waals surface area contributed by atoms with Crippen LogP contribution in [0.3, 0.4) is 0 Å². The lowest BCUT2D eigenvalue weighted by atomic mass is 10.2. The van der Waals surface area contributed by atoms with Gasteiger partial charge in [0.05, 0.1) is 22.9 Å². The molecule has 0 aliphatic rings. The van der Waals surface area contributed by atoms with E-state index in [1.54, 1.807) is 12.1 Å². The number of halogens is 2. The zero-order valence-corrected chi connectivity index (χ0v) is 11.9. The van der Waals surface area contributed by atoms with Gasteiger partial charge in [0, 0.05) is 5.69 Å². The Labute approximate surface area is 120 Å². The minimum Gasteiger partial charge on any atom is -0.496 e. The lowest BCUT2D eigenvalue weighted by Gasteiger charge is -2.04. The minimum atomic E-state index is -0.555. The molecule has 0 saturated carbocycles. The highest BCUT2D eigenvalue weighted by atomic mass is 35.5. The van der Waals surface area contributed by atoms with Crippen LogP contribution >= 0.6 is 36.2 Å². The minimum absolute atomic E-state index is 0. The molecule has 1 amide bonds. The summed E-state index contributed by atoms with van der Waals surface area (Å²) in [6.45, 7) is 0. The van der Waals surface area contributed by atoms with E-state index in [4.69, 9.17) is 21.9 Å². The maximum atomic E-state index is 11.2. The Morgan fingerprint density at radius 2 is 1.89 bits per heavy atom. The van der Waals surface area contributed by atoms with E-state index >= 15 is 0 Å². The summed E-state index contributed by atoms with van der Waals surface area (Å²) in [7, 11) is 1.53. The molecule has 0 aliphatic carbocycles. The Morgan fingerprint density at radius 1 is 1.28 bits per heavy atom. The second-order valence-electron chi connectivity index (χ2n) is 3.27. The van der Waals surface area contributed by atoms with Crippen molar-refractivity contribution in [2.24, 2.45) is 5.73 Å². The third-order valence-electron chi connectivity index (χ3n) is 2.31. The van der Waals surface area contributed by atoms with Crippen LogP contribution in [-0.4, -0.2) is 13.0 Å². The van der Waals surface area contributed by atoms with Gasteiger partial charge in [-0.1, -0.05) is 0 Å². The first-order valence-corrected chi connectivity index (χ1v) is 5.32. The van der Waals surface area contributed by atoms with Crippen molar-refractivity contribution in [2.75, 3.05) is 18.6 Å². The van der Waals surface area contributed by atoms with Crippen LogP contribution in [0.1, 0.15) is 9.67 Å². The summed E-state index contributed by atoms with van der Waals surface area (Å²) < 4.78 is 5.90. The van der Waals surface area contributed by atoms with Crippen molar-refractivity contribution in [3.8, 4) is 5.75 Å². The van der Waals surface area contributed by atoms with E-state index in [9.17, 15) is 4.79 Å². The Hall–Kier alpha value is -1.37. The van der Waals surface area contributed by atoms with Crippen LogP contribution in [0.4, 0.5) is 11.4 Å². The molecule has 1 aromatic heterocycles. The van der Waals surface area contributed by atoms with Gasteiger partial charge < -0.3 is 21.9 Å². The molecule has 5 nitrogen and oxygen atoms in total. The quantitative estimate of drug-likeness (QED) is 0.738. The molecule has 0 radical (unpaired) electrons. The van der Waals surface area contributed by atoms with Gasteiger partial charge in [-0.25, -0.2) is 0 Å². The number of carbonyl (C=O) groups is 1. The molecule has 2 rings (SSSR count). The van der Waals surface area contributed by atoms with Crippen molar-refractivity contribution in [2.45, 2.75) is 0 Å². The third kappa shape index (κ3) is 2.40. The largest absolute Gasteiger partial charge is 0.496 e. The first kappa shape index (κ1) is 16.6. The number of nitrogens with two attached hydrogens (primary N) is 3. The highest BCUT2D eigenvalue weighted by Gasteiger charge is 2.18. The fraction of sp³-hybridized carbons (Fsp3) is 0.100. The van der Waals surface area contributed by atoms with Gasteiger partial charge in [0.2, 0.25) is 0 Å². The zero-order chi connectivity index (χ0) is 11.9. The number of thiophene rings is 1. The van der Waals surface area contributed by atoms with Gasteiger partial charge in [0.25, 0.3) is 5.91 Å². The first-order chi connectivity index (χ1) is 7.56. The van der Waals surface area contributed by atoms with Crippen LogP contribution < -0.4 is 21.9 Å². The Kier molecular flexibility index (Phi) is 5.54. The number of primary amides is 1. The van der Waals surface area contributed by atoms with Gasteiger partial charge in [-0.05, 0) is 12.1 Å². The number of rotatable bonds is 2. The van der Waals surface area contributed by atoms with Gasteiger partial charge in [-0.3, -0.25) is 4.79 Å². The smallest absolute Gasteiger partial charge is 0.260 e. The molecule has 0 bridgehead atoms. The second-order valence-corrected chi connectivity index (χ2v) is 4.29. The van der Waals surface area contributed by atoms with E-state index in [1.165, 1.54) is 18.4 Å². The molecule has 0 atom stereocenters. The summed E-state index contributed by atoms with van der Waals surface area (Å²) in [4.78, 5) is 11.5. The van der Waals surface area contributed by atoms with E-state index in [0.29, 0.717) is 27.4 Å². The molecule has 0 fully saturated rings. The molecule has 18 heavy (non-hydrogen) atoms. The number of carbonyl (C=O) groups excluding carboxylic acids is 1. The predicted molar refractivity (Wildman–Crippen MR) is 80.2 cm³/mol. The number of anilines is 2. The molecule has 1 aromatic carbocycles. The number of hydrogen-bond acceptors (Lipinski definition) is 5. The topological polar surface area (TPSA) is 104 Å². The summed E-state index contributed by atoms with van der Waals surface area (Å²) in [5, 5.41) is 0.654. The van der Waals surface area contributed by atoms with E-state index < -0.39 is 5.91 Å². The van der Waals surface area contributed by atoms with E-state index in [2.05, 4.69) is 0 Å². The molecule has 0 unspecified atom stereocenters. The molecule has 1 heterocycles. The molecular weight excluding hydrogens is 297 g/mol. The molecular formula is C10H13Cl2N3O2S. The maximum Gasteiger partial charge on any atom is 0.260 e. The average Bonchev–Trinajstić information content (AvgIpc) is 2.59. The molecule has 8 heteroatoms. The van der Waals surface area contributed by atoms with Crippen molar-refractivity contribution in [3.63, 3.8) is 0 Å². The van der Waals surface area contributed by atoms with Crippen LogP contribution in [0.25, 0.3) is 10.1 Å². The fourth-order valence-corrected chi connectivity index (χ4v) is 2.58. The molecule has 0 saturated heterocycles. The number of nitrogen functional groups attached to an aromatic ring is 2. The third-order valence-corrected chi connectivity index (χ3v) is 3.58. The van der Waals surface area contributed by atoms with Crippen molar-refractivity contribution in [1.29, 1.82) is 0 Å². The summed E-state index contributed by atoms with van der Waals surface area (Å²) >= 11 is 1.18. The fourth-order valence-electron chi connectivity index (χ4n) is 1.57. The van der Waals surface area contributed by atoms with Gasteiger partial charge in [-0.2, -0.15) is 0 Å². The molecule has 6 N–H and O–H groups in total. The summed E-state index contributed by atoms with van der Waals surface area (Å²) in [5.41, 5.74) is 17.8. The Morgan fingerprint density at radius 3 is 2.39 bits per heavy atom. The maximum absolute atomic E-state index is 11.2. The number of amides is 1. The number of benzene rings is 1. The molecule has 0 spiro atoms. The van der Waals surface area contributed by atoms with Crippen LogP contribution in [0.2, 0.25) is 0 Å². The van der Waals surface area contributed by atoms with Gasteiger partial charge in [0.15, 0.2) is 0 Å². The van der Waals surface area contributed by atoms with Crippen molar-refractivity contribution in [1.82, 2.24) is 0 Å². The zero-order valence-electron chi connectivity index (χ0n) is 9.43. The number of fused-ring (bicyclic) bond motifs is 1. The van der Waals surface area contributed by atoms with Crippen LogP contribution in [0, 0.1) is 0 Å². The van der Waals surface area contributed by atoms with Crippen molar-refractivity contribution in [3.05, 3.63) is 17.0 Å². The van der Waals surface area contributed by atoms with Crippen molar-refractivity contribution >= 4 is 63.5 Å². The van der Waals surface area contributed by atoms with Crippen molar-refractivity contribution < 1.29 is 9.53 Å². The monoisotopic (exact) mass is 309 g/mol. The lowest BCUT2D eigenvalue weighted by Crippen LogP contribution is -2.10. The Bertz CT molecular complexity index is 586. The molecule has 0 aliphatic heterocycles. The summed E-state index contributed by atoms with van der Waals surface area (Å²) in [6, 6.07) is 3.42. The van der Waals surface area contributed by atoms with Gasteiger partial charge >= 0.3 is 0 Å². The van der Waals surface area contributed by atoms with E-state index in [-0.39, 0.29) is 24.8 Å². The van der Waals surface area contributed by atoms with Crippen LogP contribution in [0.15, 0.2) is 12.1 Å². The second kappa shape index (κ2) is 5.99. The van der Waals surface area contributed by atoms with Gasteiger partial charge in [-0.15, -0.1) is 36.2 Å². The van der Waals surface area contributed by atoms with Crippen LogP contribution in [0.5, 0.6) is 5.75 Å². The molecule has 2 aromatic rings. The lowest BCUT2D eigenvalue weighted by molar-refractivity contribution is 0.100. The van der Waals surface area contributed by atoms with E-state index in [1.807, 2.05) is 0 Å². The number of ether oxygens (including phenoxy) is 1. The predicted octanol–water partition coefficient (Wildman–Crippen LogP) is 2.02. The summed E-state index contributed by atoms with van der Waals surface area (Å²) in [5.74, 6) is 0.0330. The number of methoxy groups -OCH3 is 1. The number of hydrogen-bond donors (Lipinski definition) is 3. The summed E-state index contributed by atoms with van der Waals surface area (Å²) in [6.07, 6.45) is 0. The highest BCUT2D eigenvalue weighted by Crippen LogP contribution is 2.42. The molecule has 100 valence electrons.